The van der Waals surface area contributed by atoms with Gasteiger partial charge in [-0.05, 0) is 25.7 Å². The van der Waals surface area contributed by atoms with Crippen molar-refractivity contribution in [3.05, 3.63) is 0 Å². The van der Waals surface area contributed by atoms with Gasteiger partial charge in [-0.2, -0.15) is 0 Å². The molecule has 0 aliphatic rings. The number of aliphatic hydroxyl groups is 1. The highest BCUT2D eigenvalue weighted by molar-refractivity contribution is 5.66. The molecule has 0 rings (SSSR count). The number of aliphatic carboxylic acids is 1. The van der Waals surface area contributed by atoms with Crippen molar-refractivity contribution >= 4 is 5.97 Å². The Bertz CT molecular complexity index is 453. The summed E-state index contributed by atoms with van der Waals surface area (Å²) in [5.41, 5.74) is 0. The number of carboxylic acids is 1. The number of carboxylic acid groups (broad SMARTS) is 1. The molecule has 0 aliphatic heterocycles. The summed E-state index contributed by atoms with van der Waals surface area (Å²) in [4.78, 5) is 10.5. The van der Waals surface area contributed by atoms with Gasteiger partial charge in [0.05, 0.1) is 20.6 Å². The van der Waals surface area contributed by atoms with Gasteiger partial charge in [0.1, 0.15) is 12.6 Å². The Hall–Kier alpha value is -0.610. The summed E-state index contributed by atoms with van der Waals surface area (Å²) in [6.07, 6.45) is 29.9. The van der Waals surface area contributed by atoms with E-state index in [2.05, 4.69) is 21.0 Å². The van der Waals surface area contributed by atoms with E-state index in [0.717, 1.165) is 49.7 Å². The zero-order valence-electron chi connectivity index (χ0n) is 24.2. The molecule has 1 unspecified atom stereocenters. The lowest BCUT2D eigenvalue weighted by atomic mass is 10.0. The van der Waals surface area contributed by atoms with E-state index < -0.39 is 5.97 Å². The van der Waals surface area contributed by atoms with Crippen LogP contribution in [0.3, 0.4) is 0 Å². The van der Waals surface area contributed by atoms with E-state index in [1.165, 1.54) is 116 Å². The van der Waals surface area contributed by atoms with Crippen LogP contribution in [0.4, 0.5) is 0 Å². The second kappa shape index (κ2) is 25.1. The molecular formula is C31H64NO3+. The number of nitrogens with zero attached hydrogens (tertiary/aromatic N) is 1. The first kappa shape index (κ1) is 34.4. The van der Waals surface area contributed by atoms with E-state index in [1.54, 1.807) is 0 Å². The van der Waals surface area contributed by atoms with Crippen LogP contribution in [0.2, 0.25) is 0 Å². The maximum absolute atomic E-state index is 10.5. The molecule has 0 fully saturated rings. The lowest BCUT2D eigenvalue weighted by Gasteiger charge is -2.32. The lowest BCUT2D eigenvalue weighted by molar-refractivity contribution is -0.893. The highest BCUT2D eigenvalue weighted by Crippen LogP contribution is 2.15. The van der Waals surface area contributed by atoms with Crippen LogP contribution < -0.4 is 0 Å². The van der Waals surface area contributed by atoms with Crippen molar-refractivity contribution < 1.29 is 19.5 Å². The number of aliphatic hydroxyl groups excluding tert-OH is 1. The van der Waals surface area contributed by atoms with Gasteiger partial charge >= 0.3 is 5.97 Å². The number of unbranched alkanes of at least 4 members (excludes halogenated alkanes) is 20. The van der Waals surface area contributed by atoms with Crippen molar-refractivity contribution in [3.63, 3.8) is 0 Å². The minimum absolute atomic E-state index is 0.173. The van der Waals surface area contributed by atoms with Crippen LogP contribution in [0.1, 0.15) is 161 Å². The van der Waals surface area contributed by atoms with Gasteiger partial charge in [-0.15, -0.1) is 0 Å². The Morgan fingerprint density at radius 2 is 0.971 bits per heavy atom. The fourth-order valence-electron chi connectivity index (χ4n) is 5.20. The van der Waals surface area contributed by atoms with Crippen molar-refractivity contribution in [2.75, 3.05) is 27.2 Å². The molecule has 0 aromatic heterocycles. The summed E-state index contributed by atoms with van der Waals surface area (Å²) in [5.74, 6) is -0.679. The quantitative estimate of drug-likeness (QED) is 0.0836. The Kier molecular flexibility index (Phi) is 24.6. The third kappa shape index (κ3) is 27.8. The van der Waals surface area contributed by atoms with Crippen molar-refractivity contribution in [2.24, 2.45) is 0 Å². The van der Waals surface area contributed by atoms with Gasteiger partial charge in [0, 0.05) is 6.42 Å². The fourth-order valence-corrected chi connectivity index (χ4v) is 5.20. The largest absolute Gasteiger partial charge is 0.481 e. The third-order valence-corrected chi connectivity index (χ3v) is 7.50. The summed E-state index contributed by atoms with van der Waals surface area (Å²) >= 11 is 0. The number of hydrogen-bond acceptors (Lipinski definition) is 2. The third-order valence-electron chi connectivity index (χ3n) is 7.50. The van der Waals surface area contributed by atoms with Crippen LogP contribution in [0.25, 0.3) is 0 Å². The molecule has 2 N–H and O–H groups in total. The standard InChI is InChI=1S/C31H63NO3/c1-4-5-6-7-8-9-10-11-12-13-14-15-16-17-20-23-26-30(33)29-32(2,3)28-25-22-19-18-21-24-27-31(34)35/h30,33H,4-29H2,1-3H3/p+1. The number of carbonyl (C=O) groups is 1. The second-order valence-electron chi connectivity index (χ2n) is 11.9. The van der Waals surface area contributed by atoms with E-state index >= 15 is 0 Å². The average Bonchev–Trinajstić information content (AvgIpc) is 2.80. The van der Waals surface area contributed by atoms with Gasteiger partial charge in [0.2, 0.25) is 0 Å². The Labute approximate surface area is 219 Å². The minimum atomic E-state index is -0.679. The molecule has 0 aromatic rings. The molecule has 0 spiro atoms. The Balaban J connectivity index is 3.41. The summed E-state index contributed by atoms with van der Waals surface area (Å²) in [7, 11) is 4.48. The number of hydrogen-bond donors (Lipinski definition) is 2. The molecule has 0 bridgehead atoms. The Morgan fingerprint density at radius 3 is 1.40 bits per heavy atom. The summed E-state index contributed by atoms with van der Waals surface area (Å²) in [5, 5.41) is 19.1. The Morgan fingerprint density at radius 1 is 0.600 bits per heavy atom. The predicted octanol–water partition coefficient (Wildman–Crippen LogP) is 8.89. The minimum Gasteiger partial charge on any atom is -0.481 e. The molecule has 35 heavy (non-hydrogen) atoms. The van der Waals surface area contributed by atoms with Gasteiger partial charge in [-0.25, -0.2) is 0 Å². The summed E-state index contributed by atoms with van der Waals surface area (Å²) in [6, 6.07) is 0. The van der Waals surface area contributed by atoms with E-state index in [4.69, 9.17) is 5.11 Å². The zero-order chi connectivity index (χ0) is 26.0. The molecule has 210 valence electrons. The topological polar surface area (TPSA) is 57.5 Å². The highest BCUT2D eigenvalue weighted by Gasteiger charge is 2.19. The summed E-state index contributed by atoms with van der Waals surface area (Å²) in [6.45, 7) is 4.26. The monoisotopic (exact) mass is 498 g/mol. The molecule has 0 heterocycles. The number of quaternary nitrogens is 1. The van der Waals surface area contributed by atoms with Crippen molar-refractivity contribution in [2.45, 2.75) is 167 Å². The highest BCUT2D eigenvalue weighted by atomic mass is 16.4. The average molecular weight is 499 g/mol. The predicted molar refractivity (Wildman–Crippen MR) is 152 cm³/mol. The van der Waals surface area contributed by atoms with E-state index in [9.17, 15) is 9.90 Å². The van der Waals surface area contributed by atoms with Gasteiger partial charge in [0.15, 0.2) is 0 Å². The van der Waals surface area contributed by atoms with Crippen LogP contribution in [0.5, 0.6) is 0 Å². The molecule has 0 aromatic carbocycles. The maximum Gasteiger partial charge on any atom is 0.303 e. The summed E-state index contributed by atoms with van der Waals surface area (Å²) < 4.78 is 0.902. The fraction of sp³-hybridized carbons (Fsp3) is 0.968. The molecular weight excluding hydrogens is 434 g/mol. The van der Waals surface area contributed by atoms with E-state index in [0.29, 0.717) is 6.42 Å². The number of likely N-dealkylation sites (N-methyl/N-ethyl adjacent to an activating group) is 1. The van der Waals surface area contributed by atoms with Crippen molar-refractivity contribution in [1.29, 1.82) is 0 Å². The van der Waals surface area contributed by atoms with Gasteiger partial charge in [-0.3, -0.25) is 4.79 Å². The first-order valence-electron chi connectivity index (χ1n) is 15.6. The molecule has 0 radical (unpaired) electrons. The first-order valence-corrected chi connectivity index (χ1v) is 15.6. The molecule has 0 amide bonds. The van der Waals surface area contributed by atoms with Gasteiger partial charge in [-0.1, -0.05) is 129 Å². The normalized spacial score (nSPS) is 12.8. The van der Waals surface area contributed by atoms with E-state index in [-0.39, 0.29) is 6.10 Å². The first-order chi connectivity index (χ1) is 16.9. The molecule has 0 aliphatic carbocycles. The van der Waals surface area contributed by atoms with Gasteiger partial charge in [0.25, 0.3) is 0 Å². The van der Waals surface area contributed by atoms with Crippen LogP contribution in [-0.4, -0.2) is 54.0 Å². The van der Waals surface area contributed by atoms with Crippen molar-refractivity contribution in [1.82, 2.24) is 0 Å². The van der Waals surface area contributed by atoms with Crippen LogP contribution >= 0.6 is 0 Å². The van der Waals surface area contributed by atoms with E-state index in [1.807, 2.05) is 0 Å². The van der Waals surface area contributed by atoms with Gasteiger partial charge < -0.3 is 14.7 Å². The van der Waals surface area contributed by atoms with Crippen LogP contribution in [0.15, 0.2) is 0 Å². The number of rotatable bonds is 28. The second-order valence-corrected chi connectivity index (χ2v) is 11.9. The smallest absolute Gasteiger partial charge is 0.303 e. The molecule has 0 saturated carbocycles. The molecule has 4 nitrogen and oxygen atoms in total. The molecule has 1 atom stereocenters. The SMILES string of the molecule is CCCCCCCCCCCCCCCCCCC(O)C[N+](C)(C)CCCCCCCCC(=O)O. The van der Waals surface area contributed by atoms with Crippen molar-refractivity contribution in [3.8, 4) is 0 Å². The van der Waals surface area contributed by atoms with Crippen LogP contribution in [-0.2, 0) is 4.79 Å². The molecule has 4 heteroatoms. The zero-order valence-corrected chi connectivity index (χ0v) is 24.2. The van der Waals surface area contributed by atoms with Crippen LogP contribution in [0, 0.1) is 0 Å². The lowest BCUT2D eigenvalue weighted by Crippen LogP contribution is -2.45. The molecule has 0 saturated heterocycles. The maximum atomic E-state index is 10.5.